The lowest BCUT2D eigenvalue weighted by molar-refractivity contribution is 0.0980. The van der Waals surface area contributed by atoms with Crippen molar-refractivity contribution < 1.29 is 13.2 Å². The summed E-state index contributed by atoms with van der Waals surface area (Å²) in [5.41, 5.74) is 0.353. The summed E-state index contributed by atoms with van der Waals surface area (Å²) < 4.78 is 30.0. The Morgan fingerprint density at radius 3 is 2.23 bits per heavy atom. The highest BCUT2D eigenvalue weighted by molar-refractivity contribution is 14.1. The summed E-state index contributed by atoms with van der Waals surface area (Å²) in [4.78, 5) is 12.5. The van der Waals surface area contributed by atoms with Crippen LogP contribution in [0.15, 0.2) is 41.3 Å². The first-order valence-corrected chi connectivity index (χ1v) is 11.5. The molecule has 2 rings (SSSR count). The third-order valence-electron chi connectivity index (χ3n) is 2.59. The van der Waals surface area contributed by atoms with Crippen LogP contribution >= 0.6 is 90.4 Å². The molecule has 0 atom stereocenters. The van der Waals surface area contributed by atoms with Crippen LogP contribution in [-0.2, 0) is 10.0 Å². The largest absolute Gasteiger partial charge is 0.268 e. The van der Waals surface area contributed by atoms with E-state index in [-0.39, 0.29) is 4.90 Å². The fourth-order valence-corrected chi connectivity index (χ4v) is 6.32. The molecule has 0 unspecified atom stereocenters. The van der Waals surface area contributed by atoms with Gasteiger partial charge in [0.25, 0.3) is 15.9 Å². The zero-order valence-corrected chi connectivity index (χ0v) is 20.1. The third-order valence-corrected chi connectivity index (χ3v) is 8.95. The molecule has 0 aliphatic carbocycles. The van der Waals surface area contributed by atoms with Crippen molar-refractivity contribution in [3.8, 4) is 0 Å². The molecular formula is C13H7I4NO3S. The van der Waals surface area contributed by atoms with E-state index in [0.717, 1.165) is 10.7 Å². The number of amides is 1. The first-order valence-electron chi connectivity index (χ1n) is 5.68. The van der Waals surface area contributed by atoms with E-state index in [2.05, 4.69) is 49.9 Å². The average molecular weight is 765 g/mol. The van der Waals surface area contributed by atoms with Gasteiger partial charge in [0, 0.05) is 14.3 Å². The van der Waals surface area contributed by atoms with Crippen molar-refractivity contribution in [1.29, 1.82) is 0 Å². The predicted octanol–water partition coefficient (Wildman–Crippen LogP) is 4.22. The van der Waals surface area contributed by atoms with Crippen LogP contribution in [0.4, 0.5) is 0 Å². The van der Waals surface area contributed by atoms with E-state index in [4.69, 9.17) is 0 Å². The van der Waals surface area contributed by atoms with Crippen molar-refractivity contribution in [2.24, 2.45) is 0 Å². The van der Waals surface area contributed by atoms with E-state index in [1.807, 2.05) is 51.2 Å². The minimum Gasteiger partial charge on any atom is -0.268 e. The van der Waals surface area contributed by atoms with Gasteiger partial charge in [0.05, 0.1) is 5.56 Å². The van der Waals surface area contributed by atoms with Gasteiger partial charge in [-0.15, -0.1) is 0 Å². The summed E-state index contributed by atoms with van der Waals surface area (Å²) >= 11 is 8.19. The number of halogens is 4. The molecule has 0 aromatic heterocycles. The normalized spacial score (nSPS) is 11.3. The van der Waals surface area contributed by atoms with Crippen LogP contribution in [0.25, 0.3) is 0 Å². The lowest BCUT2D eigenvalue weighted by atomic mass is 10.2. The van der Waals surface area contributed by atoms with Crippen molar-refractivity contribution >= 4 is 106 Å². The zero-order valence-electron chi connectivity index (χ0n) is 10.6. The molecule has 2 aromatic carbocycles. The number of benzene rings is 2. The molecule has 0 bridgehead atoms. The topological polar surface area (TPSA) is 63.2 Å². The molecule has 1 N–H and O–H groups in total. The molecule has 0 aliphatic heterocycles. The third kappa shape index (κ3) is 4.44. The molecule has 22 heavy (non-hydrogen) atoms. The SMILES string of the molecule is O=C(NS(=O)(=O)c1ccccc1I)c1cc(I)cc(I)c1I. The first kappa shape index (κ1) is 19.1. The van der Waals surface area contributed by atoms with Gasteiger partial charge < -0.3 is 0 Å². The van der Waals surface area contributed by atoms with Crippen LogP contribution in [0.3, 0.4) is 0 Å². The number of sulfonamides is 1. The number of carbonyl (C=O) groups excluding carboxylic acids is 1. The van der Waals surface area contributed by atoms with E-state index in [1.54, 1.807) is 24.3 Å². The van der Waals surface area contributed by atoms with Crippen molar-refractivity contribution in [3.05, 3.63) is 56.2 Å². The Kier molecular flexibility index (Phi) is 6.75. The van der Waals surface area contributed by atoms with E-state index in [1.165, 1.54) is 6.07 Å². The Labute approximate surface area is 182 Å². The van der Waals surface area contributed by atoms with Gasteiger partial charge in [0.1, 0.15) is 4.90 Å². The minimum atomic E-state index is -3.90. The van der Waals surface area contributed by atoms with Gasteiger partial charge in [-0.2, -0.15) is 0 Å². The maximum atomic E-state index is 12.4. The quantitative estimate of drug-likeness (QED) is 0.377. The average Bonchev–Trinajstić information content (AvgIpc) is 2.42. The lowest BCUT2D eigenvalue weighted by Crippen LogP contribution is -2.31. The van der Waals surface area contributed by atoms with Crippen LogP contribution in [-0.4, -0.2) is 14.3 Å². The molecule has 4 nitrogen and oxygen atoms in total. The number of hydrogen-bond donors (Lipinski definition) is 1. The summed E-state index contributed by atoms with van der Waals surface area (Å²) in [6.07, 6.45) is 0. The molecule has 0 saturated heterocycles. The van der Waals surface area contributed by atoms with Gasteiger partial charge in [-0.25, -0.2) is 13.1 Å². The fraction of sp³-hybridized carbons (Fsp3) is 0. The van der Waals surface area contributed by atoms with E-state index in [9.17, 15) is 13.2 Å². The van der Waals surface area contributed by atoms with Crippen molar-refractivity contribution in [2.75, 3.05) is 0 Å². The number of carbonyl (C=O) groups is 1. The maximum Gasteiger partial charge on any atom is 0.266 e. The zero-order chi connectivity index (χ0) is 16.5. The summed E-state index contributed by atoms with van der Waals surface area (Å²) in [6, 6.07) is 10.1. The van der Waals surface area contributed by atoms with Crippen LogP contribution in [0.1, 0.15) is 10.4 Å². The van der Waals surface area contributed by atoms with Gasteiger partial charge in [-0.05, 0) is 115 Å². The molecule has 1 amide bonds. The monoisotopic (exact) mass is 765 g/mol. The van der Waals surface area contributed by atoms with Gasteiger partial charge in [-0.1, -0.05) is 12.1 Å². The molecule has 0 spiro atoms. The second-order valence-corrected chi connectivity index (χ2v) is 10.4. The highest BCUT2D eigenvalue weighted by Gasteiger charge is 2.23. The van der Waals surface area contributed by atoms with Crippen molar-refractivity contribution in [2.45, 2.75) is 4.90 Å². The van der Waals surface area contributed by atoms with Gasteiger partial charge in [-0.3, -0.25) is 4.79 Å². The molecule has 0 fully saturated rings. The number of nitrogens with one attached hydrogen (secondary N) is 1. The Morgan fingerprint density at radius 1 is 0.955 bits per heavy atom. The van der Waals surface area contributed by atoms with Crippen LogP contribution in [0, 0.1) is 14.3 Å². The van der Waals surface area contributed by atoms with Gasteiger partial charge >= 0.3 is 0 Å². The molecule has 9 heteroatoms. The molecular weight excluding hydrogens is 758 g/mol. The summed E-state index contributed by atoms with van der Waals surface area (Å²) in [5, 5.41) is 0. The second kappa shape index (κ2) is 7.77. The second-order valence-electron chi connectivity index (χ2n) is 4.11. The predicted molar refractivity (Wildman–Crippen MR) is 118 cm³/mol. The maximum absolute atomic E-state index is 12.4. The van der Waals surface area contributed by atoms with Gasteiger partial charge in [0.15, 0.2) is 0 Å². The highest BCUT2D eigenvalue weighted by atomic mass is 127. The lowest BCUT2D eigenvalue weighted by Gasteiger charge is -2.10. The summed E-state index contributed by atoms with van der Waals surface area (Å²) in [7, 11) is -3.90. The summed E-state index contributed by atoms with van der Waals surface area (Å²) in [5.74, 6) is -0.625. The van der Waals surface area contributed by atoms with E-state index < -0.39 is 15.9 Å². The molecule has 0 radical (unpaired) electrons. The van der Waals surface area contributed by atoms with Gasteiger partial charge in [0.2, 0.25) is 0 Å². The fourth-order valence-electron chi connectivity index (χ4n) is 1.62. The molecule has 116 valence electrons. The molecule has 0 saturated carbocycles. The van der Waals surface area contributed by atoms with Crippen molar-refractivity contribution in [1.82, 2.24) is 4.72 Å². The number of hydrogen-bond acceptors (Lipinski definition) is 3. The Hall–Kier alpha value is 0.780. The Morgan fingerprint density at radius 2 is 1.59 bits per heavy atom. The first-order chi connectivity index (χ1) is 10.2. The number of rotatable bonds is 3. The van der Waals surface area contributed by atoms with E-state index >= 15 is 0 Å². The summed E-state index contributed by atoms with van der Waals surface area (Å²) in [6.45, 7) is 0. The highest BCUT2D eigenvalue weighted by Crippen LogP contribution is 2.24. The molecule has 2 aromatic rings. The minimum absolute atomic E-state index is 0.0966. The standard InChI is InChI=1S/C13H7I4NO3S/c14-7-5-8(12(17)10(16)6-7)13(19)18-22(20,21)11-4-2-1-3-9(11)15/h1-6H,(H,18,19). The molecule has 0 aliphatic rings. The van der Waals surface area contributed by atoms with Crippen molar-refractivity contribution in [3.63, 3.8) is 0 Å². The molecule has 0 heterocycles. The van der Waals surface area contributed by atoms with Crippen LogP contribution < -0.4 is 4.72 Å². The Balaban J connectivity index is 2.39. The van der Waals surface area contributed by atoms with Crippen LogP contribution in [0.2, 0.25) is 0 Å². The van der Waals surface area contributed by atoms with Crippen LogP contribution in [0.5, 0.6) is 0 Å². The smallest absolute Gasteiger partial charge is 0.266 e. The van der Waals surface area contributed by atoms with E-state index in [0.29, 0.717) is 9.13 Å². The Bertz CT molecular complexity index is 852.